The van der Waals surface area contributed by atoms with Gasteiger partial charge < -0.3 is 9.47 Å². The van der Waals surface area contributed by atoms with Crippen molar-refractivity contribution in [2.24, 2.45) is 0 Å². The predicted octanol–water partition coefficient (Wildman–Crippen LogP) is 3.60. The van der Waals surface area contributed by atoms with Gasteiger partial charge in [0.1, 0.15) is 5.00 Å². The first-order valence-corrected chi connectivity index (χ1v) is 6.88. The summed E-state index contributed by atoms with van der Waals surface area (Å²) in [5.41, 5.74) is 0.0997. The zero-order valence-corrected chi connectivity index (χ0v) is 12.2. The fourth-order valence-corrected chi connectivity index (χ4v) is 2.32. The Balaban J connectivity index is 2.79. The molecule has 0 atom stereocenters. The lowest BCUT2D eigenvalue weighted by molar-refractivity contribution is -0.159. The molecule has 0 saturated heterocycles. The molecule has 0 aromatic carbocycles. The number of nitrogens with one attached hydrogen (secondary N) is 1. The third-order valence-corrected chi connectivity index (χ3v) is 3.40. The Labute approximate surface area is 123 Å². The van der Waals surface area contributed by atoms with Gasteiger partial charge in [-0.1, -0.05) is 6.92 Å². The van der Waals surface area contributed by atoms with Crippen LogP contribution in [0.1, 0.15) is 29.1 Å². The van der Waals surface area contributed by atoms with Gasteiger partial charge in [0, 0.05) is 4.88 Å². The van der Waals surface area contributed by atoms with Gasteiger partial charge in [-0.2, -0.15) is 13.2 Å². The average molecular weight is 325 g/mol. The molecular formula is C12H14F3NO4S. The number of halogens is 3. The van der Waals surface area contributed by atoms with Crippen molar-refractivity contribution in [1.29, 1.82) is 0 Å². The Morgan fingerprint density at radius 3 is 2.48 bits per heavy atom. The van der Waals surface area contributed by atoms with Gasteiger partial charge in [-0.05, 0) is 19.4 Å². The highest BCUT2D eigenvalue weighted by Crippen LogP contribution is 2.29. The summed E-state index contributed by atoms with van der Waals surface area (Å²) in [5.74, 6) is -0.653. The molecule has 1 rings (SSSR count). The van der Waals surface area contributed by atoms with Crippen molar-refractivity contribution in [2.75, 3.05) is 18.5 Å². The Hall–Kier alpha value is -1.77. The standard InChI is InChI=1S/C12H14F3NO4S/c1-3-7-5-8(10(17)19-4-2)9(21-7)16-11(18)20-6-12(13,14)15/h5H,3-4,6H2,1-2H3,(H,16,18). The number of hydrogen-bond acceptors (Lipinski definition) is 5. The second-order valence-electron chi connectivity index (χ2n) is 3.85. The Kier molecular flexibility index (Phi) is 6.01. The van der Waals surface area contributed by atoms with E-state index in [0.717, 1.165) is 16.2 Å². The summed E-state index contributed by atoms with van der Waals surface area (Å²) in [5, 5.41) is 2.24. The van der Waals surface area contributed by atoms with Gasteiger partial charge in [-0.3, -0.25) is 5.32 Å². The maximum atomic E-state index is 11.9. The SMILES string of the molecule is CCOC(=O)c1cc(CC)sc1NC(=O)OCC(F)(F)F. The fraction of sp³-hybridized carbons (Fsp3) is 0.500. The second kappa shape index (κ2) is 7.30. The lowest BCUT2D eigenvalue weighted by Gasteiger charge is -2.09. The molecular weight excluding hydrogens is 311 g/mol. The second-order valence-corrected chi connectivity index (χ2v) is 4.98. The zero-order valence-electron chi connectivity index (χ0n) is 11.4. The molecule has 0 spiro atoms. The molecule has 0 aliphatic carbocycles. The molecule has 118 valence electrons. The maximum absolute atomic E-state index is 11.9. The van der Waals surface area contributed by atoms with Crippen LogP contribution >= 0.6 is 11.3 Å². The van der Waals surface area contributed by atoms with Gasteiger partial charge in [-0.25, -0.2) is 9.59 Å². The van der Waals surface area contributed by atoms with Crippen molar-refractivity contribution in [2.45, 2.75) is 26.4 Å². The molecule has 0 bridgehead atoms. The molecule has 0 radical (unpaired) electrons. The van der Waals surface area contributed by atoms with Crippen LogP contribution in [-0.2, 0) is 15.9 Å². The van der Waals surface area contributed by atoms with Crippen LogP contribution in [0.25, 0.3) is 0 Å². The molecule has 5 nitrogen and oxygen atoms in total. The number of aryl methyl sites for hydroxylation is 1. The van der Waals surface area contributed by atoms with Crippen molar-refractivity contribution in [3.05, 3.63) is 16.5 Å². The number of hydrogen-bond donors (Lipinski definition) is 1. The lowest BCUT2D eigenvalue weighted by Crippen LogP contribution is -2.23. The number of ether oxygens (including phenoxy) is 2. The number of thiophene rings is 1. The van der Waals surface area contributed by atoms with Crippen molar-refractivity contribution < 1.29 is 32.2 Å². The van der Waals surface area contributed by atoms with Crippen molar-refractivity contribution >= 4 is 28.4 Å². The first-order chi connectivity index (χ1) is 9.76. The highest BCUT2D eigenvalue weighted by Gasteiger charge is 2.30. The molecule has 0 saturated carbocycles. The number of carbonyl (C=O) groups is 2. The molecule has 0 fully saturated rings. The summed E-state index contributed by atoms with van der Waals surface area (Å²) in [7, 11) is 0. The summed E-state index contributed by atoms with van der Waals surface area (Å²) in [4.78, 5) is 23.8. The summed E-state index contributed by atoms with van der Waals surface area (Å²) >= 11 is 1.08. The summed E-state index contributed by atoms with van der Waals surface area (Å²) in [6, 6.07) is 1.53. The molecule has 1 heterocycles. The van der Waals surface area contributed by atoms with E-state index in [-0.39, 0.29) is 17.2 Å². The smallest absolute Gasteiger partial charge is 0.422 e. The normalized spacial score (nSPS) is 11.1. The van der Waals surface area contributed by atoms with E-state index in [1.807, 2.05) is 6.92 Å². The highest BCUT2D eigenvalue weighted by molar-refractivity contribution is 7.16. The number of alkyl halides is 3. The molecule has 1 aromatic heterocycles. The number of amides is 1. The van der Waals surface area contributed by atoms with Gasteiger partial charge in [0.2, 0.25) is 0 Å². The van der Waals surface area contributed by atoms with Crippen LogP contribution in [0.3, 0.4) is 0 Å². The minimum atomic E-state index is -4.61. The van der Waals surface area contributed by atoms with E-state index in [4.69, 9.17) is 4.74 Å². The van der Waals surface area contributed by atoms with Gasteiger partial charge in [0.05, 0.1) is 12.2 Å². The first-order valence-electron chi connectivity index (χ1n) is 6.07. The largest absolute Gasteiger partial charge is 0.462 e. The molecule has 0 aliphatic rings. The third-order valence-electron chi connectivity index (χ3n) is 2.21. The fourth-order valence-electron chi connectivity index (χ4n) is 1.35. The van der Waals surface area contributed by atoms with Crippen molar-refractivity contribution in [3.63, 3.8) is 0 Å². The van der Waals surface area contributed by atoms with Crippen LogP contribution in [0.4, 0.5) is 23.0 Å². The molecule has 1 N–H and O–H groups in total. The van der Waals surface area contributed by atoms with E-state index in [0.29, 0.717) is 6.42 Å². The monoisotopic (exact) mass is 325 g/mol. The molecule has 0 aliphatic heterocycles. The van der Waals surface area contributed by atoms with Crippen LogP contribution in [0.15, 0.2) is 6.07 Å². The Morgan fingerprint density at radius 2 is 1.95 bits per heavy atom. The van der Waals surface area contributed by atoms with Crippen LogP contribution in [-0.4, -0.2) is 31.5 Å². The van der Waals surface area contributed by atoms with E-state index in [9.17, 15) is 22.8 Å². The molecule has 1 amide bonds. The Morgan fingerprint density at radius 1 is 1.29 bits per heavy atom. The van der Waals surface area contributed by atoms with E-state index in [1.165, 1.54) is 6.07 Å². The van der Waals surface area contributed by atoms with Crippen molar-refractivity contribution in [1.82, 2.24) is 0 Å². The van der Waals surface area contributed by atoms with E-state index in [2.05, 4.69) is 10.1 Å². The summed E-state index contributed by atoms with van der Waals surface area (Å²) in [6.45, 7) is 1.91. The third kappa shape index (κ3) is 5.62. The van der Waals surface area contributed by atoms with E-state index >= 15 is 0 Å². The molecule has 1 aromatic rings. The van der Waals surface area contributed by atoms with Crippen LogP contribution in [0.5, 0.6) is 0 Å². The minimum absolute atomic E-state index is 0.0997. The maximum Gasteiger partial charge on any atom is 0.422 e. The number of carbonyl (C=O) groups excluding carboxylic acids is 2. The van der Waals surface area contributed by atoms with Gasteiger partial charge in [0.15, 0.2) is 6.61 Å². The lowest BCUT2D eigenvalue weighted by atomic mass is 10.2. The summed E-state index contributed by atoms with van der Waals surface area (Å²) in [6.07, 6.45) is -5.27. The molecule has 21 heavy (non-hydrogen) atoms. The molecule has 0 unspecified atom stereocenters. The topological polar surface area (TPSA) is 64.6 Å². The van der Waals surface area contributed by atoms with E-state index in [1.54, 1.807) is 6.92 Å². The average Bonchev–Trinajstić information content (AvgIpc) is 2.79. The van der Waals surface area contributed by atoms with Gasteiger partial charge in [-0.15, -0.1) is 11.3 Å². The van der Waals surface area contributed by atoms with Crippen molar-refractivity contribution in [3.8, 4) is 0 Å². The zero-order chi connectivity index (χ0) is 16.0. The Bertz CT molecular complexity index is 513. The first kappa shape index (κ1) is 17.3. The van der Waals surface area contributed by atoms with Crippen LogP contribution in [0, 0.1) is 0 Å². The predicted molar refractivity (Wildman–Crippen MR) is 70.7 cm³/mol. The van der Waals surface area contributed by atoms with Gasteiger partial charge in [0.25, 0.3) is 0 Å². The highest BCUT2D eigenvalue weighted by atomic mass is 32.1. The number of anilines is 1. The molecule has 9 heteroatoms. The number of rotatable bonds is 5. The van der Waals surface area contributed by atoms with E-state index < -0.39 is 24.8 Å². The van der Waals surface area contributed by atoms with Crippen LogP contribution in [0.2, 0.25) is 0 Å². The van der Waals surface area contributed by atoms with Crippen LogP contribution < -0.4 is 5.32 Å². The quantitative estimate of drug-likeness (QED) is 0.840. The summed E-state index contributed by atoms with van der Waals surface area (Å²) < 4.78 is 44.7. The minimum Gasteiger partial charge on any atom is -0.462 e. The van der Waals surface area contributed by atoms with Gasteiger partial charge >= 0.3 is 18.2 Å². The number of esters is 1.